The van der Waals surface area contributed by atoms with Crippen LogP contribution in [0, 0.1) is 0 Å². The molecular formula is C17H15N3O5. The smallest absolute Gasteiger partial charge is 0.256 e. The van der Waals surface area contributed by atoms with Gasteiger partial charge in [-0.3, -0.25) is 9.78 Å². The van der Waals surface area contributed by atoms with E-state index in [0.717, 1.165) is 0 Å². The van der Waals surface area contributed by atoms with E-state index in [4.69, 9.17) is 9.47 Å². The molecule has 0 unspecified atom stereocenters. The molecule has 2 heterocycles. The number of aromatic hydroxyl groups is 2. The highest BCUT2D eigenvalue weighted by Gasteiger charge is 2.19. The Morgan fingerprint density at radius 3 is 2.36 bits per heavy atom. The first kappa shape index (κ1) is 16.3. The van der Waals surface area contributed by atoms with Gasteiger partial charge in [-0.1, -0.05) is 0 Å². The molecule has 0 saturated heterocycles. The topological polar surface area (TPSA) is 114 Å². The summed E-state index contributed by atoms with van der Waals surface area (Å²) < 4.78 is 10.4. The molecule has 0 bridgehead atoms. The summed E-state index contributed by atoms with van der Waals surface area (Å²) in [5.41, 5.74) is 0.414. The van der Waals surface area contributed by atoms with E-state index in [1.54, 1.807) is 0 Å². The number of benzene rings is 1. The number of nitrogens with zero attached hydrogens (tertiary/aromatic N) is 2. The average Bonchev–Trinajstić information content (AvgIpc) is 2.64. The van der Waals surface area contributed by atoms with Gasteiger partial charge in [0.05, 0.1) is 19.7 Å². The molecule has 0 aliphatic rings. The number of carbonyl (C=O) groups excluding carboxylic acids is 1. The van der Waals surface area contributed by atoms with E-state index in [2.05, 4.69) is 15.3 Å². The zero-order valence-electron chi connectivity index (χ0n) is 13.5. The van der Waals surface area contributed by atoms with Crippen LogP contribution >= 0.6 is 0 Å². The van der Waals surface area contributed by atoms with Crippen LogP contribution in [0.2, 0.25) is 0 Å². The molecule has 0 saturated carbocycles. The van der Waals surface area contributed by atoms with Gasteiger partial charge >= 0.3 is 0 Å². The van der Waals surface area contributed by atoms with Gasteiger partial charge in [-0.2, -0.15) is 0 Å². The molecule has 0 radical (unpaired) electrons. The van der Waals surface area contributed by atoms with Crippen molar-refractivity contribution in [3.63, 3.8) is 0 Å². The van der Waals surface area contributed by atoms with Gasteiger partial charge in [-0.15, -0.1) is 0 Å². The molecule has 1 amide bonds. The lowest BCUT2D eigenvalue weighted by Crippen LogP contribution is -2.12. The fourth-order valence-electron chi connectivity index (χ4n) is 2.37. The SMILES string of the molecule is COc1cc2nc(O)c(NC(=O)c3ccncc3)c(O)c2cc1OC. The van der Waals surface area contributed by atoms with Crippen molar-refractivity contribution < 1.29 is 24.5 Å². The van der Waals surface area contributed by atoms with Crippen molar-refractivity contribution in [2.24, 2.45) is 0 Å². The molecule has 3 N–H and O–H groups in total. The second-order valence-corrected chi connectivity index (χ2v) is 5.07. The first-order valence-electron chi connectivity index (χ1n) is 7.24. The summed E-state index contributed by atoms with van der Waals surface area (Å²) in [7, 11) is 2.92. The number of hydrogen-bond acceptors (Lipinski definition) is 7. The minimum Gasteiger partial charge on any atom is -0.505 e. The fourth-order valence-corrected chi connectivity index (χ4v) is 2.37. The molecule has 8 heteroatoms. The Morgan fingerprint density at radius 1 is 1.08 bits per heavy atom. The number of anilines is 1. The largest absolute Gasteiger partial charge is 0.505 e. The van der Waals surface area contributed by atoms with E-state index in [9.17, 15) is 15.0 Å². The van der Waals surface area contributed by atoms with Crippen LogP contribution < -0.4 is 14.8 Å². The Bertz CT molecular complexity index is 944. The third-order valence-electron chi connectivity index (χ3n) is 3.62. The summed E-state index contributed by atoms with van der Waals surface area (Å²) in [6, 6.07) is 6.04. The molecule has 0 aliphatic carbocycles. The number of fused-ring (bicyclic) bond motifs is 1. The molecule has 25 heavy (non-hydrogen) atoms. The summed E-state index contributed by atoms with van der Waals surface area (Å²) >= 11 is 0. The zero-order valence-corrected chi connectivity index (χ0v) is 13.5. The summed E-state index contributed by atoms with van der Waals surface area (Å²) in [5, 5.41) is 23.3. The van der Waals surface area contributed by atoms with Crippen LogP contribution in [0.15, 0.2) is 36.7 Å². The molecule has 2 aromatic heterocycles. The van der Waals surface area contributed by atoms with Gasteiger partial charge < -0.3 is 25.0 Å². The van der Waals surface area contributed by atoms with Gasteiger partial charge in [0.2, 0.25) is 5.88 Å². The van der Waals surface area contributed by atoms with Crippen molar-refractivity contribution in [1.29, 1.82) is 0 Å². The van der Waals surface area contributed by atoms with E-state index >= 15 is 0 Å². The fraction of sp³-hybridized carbons (Fsp3) is 0.118. The van der Waals surface area contributed by atoms with Crippen molar-refractivity contribution in [1.82, 2.24) is 9.97 Å². The number of amides is 1. The van der Waals surface area contributed by atoms with Crippen LogP contribution in [0.4, 0.5) is 5.69 Å². The van der Waals surface area contributed by atoms with Crippen LogP contribution in [-0.2, 0) is 0 Å². The van der Waals surface area contributed by atoms with Crippen LogP contribution in [0.25, 0.3) is 10.9 Å². The van der Waals surface area contributed by atoms with Crippen LogP contribution in [0.5, 0.6) is 23.1 Å². The predicted octanol–water partition coefficient (Wildman–Crippen LogP) is 2.31. The van der Waals surface area contributed by atoms with Crippen molar-refractivity contribution in [2.75, 3.05) is 19.5 Å². The van der Waals surface area contributed by atoms with Crippen molar-refractivity contribution in [2.45, 2.75) is 0 Å². The van der Waals surface area contributed by atoms with Gasteiger partial charge in [-0.25, -0.2) is 4.98 Å². The minimum absolute atomic E-state index is 0.193. The van der Waals surface area contributed by atoms with Gasteiger partial charge in [0, 0.05) is 29.4 Å². The molecule has 3 rings (SSSR count). The number of methoxy groups -OCH3 is 2. The van der Waals surface area contributed by atoms with E-state index in [-0.39, 0.29) is 17.0 Å². The number of ether oxygens (including phenoxy) is 2. The van der Waals surface area contributed by atoms with Gasteiger partial charge in [-0.05, 0) is 18.2 Å². The Balaban J connectivity index is 2.08. The maximum Gasteiger partial charge on any atom is 0.256 e. The normalized spacial score (nSPS) is 10.5. The maximum absolute atomic E-state index is 12.2. The molecule has 0 aliphatic heterocycles. The molecule has 3 aromatic rings. The first-order valence-corrected chi connectivity index (χ1v) is 7.24. The van der Waals surface area contributed by atoms with E-state index in [1.165, 1.54) is 50.9 Å². The molecule has 128 valence electrons. The lowest BCUT2D eigenvalue weighted by atomic mass is 10.1. The second kappa shape index (κ2) is 6.52. The number of nitrogens with one attached hydrogen (secondary N) is 1. The molecular weight excluding hydrogens is 326 g/mol. The van der Waals surface area contributed by atoms with Gasteiger partial charge in [0.25, 0.3) is 5.91 Å². The maximum atomic E-state index is 12.2. The molecule has 1 aromatic carbocycles. The van der Waals surface area contributed by atoms with Gasteiger partial charge in [0.15, 0.2) is 17.2 Å². The molecule has 0 fully saturated rings. The summed E-state index contributed by atoms with van der Waals surface area (Å²) in [5.74, 6) is -0.584. The molecule has 0 spiro atoms. The Labute approximate surface area is 142 Å². The third kappa shape index (κ3) is 2.97. The standard InChI is InChI=1S/C17H15N3O5/c1-24-12-7-10-11(8-13(12)25-2)19-17(23)14(15(10)21)20-16(22)9-3-5-18-6-4-9/h3-8H,1-2H3,(H,20,22)(H2,19,21,23). The Hall–Kier alpha value is -3.55. The van der Waals surface area contributed by atoms with Crippen molar-refractivity contribution in [3.8, 4) is 23.1 Å². The predicted molar refractivity (Wildman–Crippen MR) is 90.4 cm³/mol. The molecule has 8 nitrogen and oxygen atoms in total. The highest BCUT2D eigenvalue weighted by molar-refractivity contribution is 6.07. The minimum atomic E-state index is -0.519. The quantitative estimate of drug-likeness (QED) is 0.667. The van der Waals surface area contributed by atoms with Gasteiger partial charge in [0.1, 0.15) is 5.69 Å². The van der Waals surface area contributed by atoms with Crippen molar-refractivity contribution in [3.05, 3.63) is 42.2 Å². The Morgan fingerprint density at radius 2 is 1.72 bits per heavy atom. The monoisotopic (exact) mass is 341 g/mol. The first-order chi connectivity index (χ1) is 12.0. The lowest BCUT2D eigenvalue weighted by molar-refractivity contribution is 0.102. The average molecular weight is 341 g/mol. The number of hydrogen-bond donors (Lipinski definition) is 3. The number of carbonyl (C=O) groups is 1. The van der Waals surface area contributed by atoms with Crippen LogP contribution in [-0.4, -0.2) is 40.3 Å². The van der Waals surface area contributed by atoms with Crippen LogP contribution in [0.1, 0.15) is 10.4 Å². The highest BCUT2D eigenvalue weighted by atomic mass is 16.5. The third-order valence-corrected chi connectivity index (χ3v) is 3.62. The summed E-state index contributed by atoms with van der Waals surface area (Å²) in [4.78, 5) is 20.1. The van der Waals surface area contributed by atoms with E-state index < -0.39 is 11.8 Å². The second-order valence-electron chi connectivity index (χ2n) is 5.07. The summed E-state index contributed by atoms with van der Waals surface area (Å²) in [6.07, 6.45) is 2.93. The number of aromatic nitrogens is 2. The molecule has 0 atom stereocenters. The highest BCUT2D eigenvalue weighted by Crippen LogP contribution is 2.42. The summed E-state index contributed by atoms with van der Waals surface area (Å²) in [6.45, 7) is 0. The van der Waals surface area contributed by atoms with Crippen LogP contribution in [0.3, 0.4) is 0 Å². The van der Waals surface area contributed by atoms with E-state index in [0.29, 0.717) is 22.4 Å². The number of pyridine rings is 2. The van der Waals surface area contributed by atoms with E-state index in [1.807, 2.05) is 0 Å². The lowest BCUT2D eigenvalue weighted by Gasteiger charge is -2.13. The van der Waals surface area contributed by atoms with Crippen molar-refractivity contribution >= 4 is 22.5 Å². The number of rotatable bonds is 4. The zero-order chi connectivity index (χ0) is 18.0. The Kier molecular flexibility index (Phi) is 4.25.